The van der Waals surface area contributed by atoms with Gasteiger partial charge in [0.25, 0.3) is 0 Å². The van der Waals surface area contributed by atoms with Gasteiger partial charge in [-0.15, -0.1) is 0 Å². The molecule has 1 rings (SSSR count). The Balaban J connectivity index is 2.38. The Morgan fingerprint density at radius 2 is 1.89 bits per heavy atom. The molecule has 0 bridgehead atoms. The van der Waals surface area contributed by atoms with E-state index in [1.54, 1.807) is 6.07 Å². The number of hydrogen-bond acceptors (Lipinski definition) is 3. The first-order chi connectivity index (χ1) is 8.50. The van der Waals surface area contributed by atoms with E-state index in [1.165, 1.54) is 0 Å². The maximum absolute atomic E-state index is 9.14. The van der Waals surface area contributed by atoms with Gasteiger partial charge in [-0.3, -0.25) is 0 Å². The van der Waals surface area contributed by atoms with E-state index in [4.69, 9.17) is 33.4 Å². The quantitative estimate of drug-likeness (QED) is 0.675. The summed E-state index contributed by atoms with van der Waals surface area (Å²) >= 11 is 11.9. The topological polar surface area (TPSA) is 52.5 Å². The number of halogens is 2. The van der Waals surface area contributed by atoms with E-state index < -0.39 is 5.41 Å². The second-order valence-corrected chi connectivity index (χ2v) is 5.63. The molecule has 0 aliphatic carbocycles. The molecule has 5 heteroatoms. The third kappa shape index (κ3) is 4.75. The number of aliphatic hydroxyl groups excluding tert-OH is 2. The summed E-state index contributed by atoms with van der Waals surface area (Å²) in [6.45, 7) is 3.04. The van der Waals surface area contributed by atoms with E-state index in [0.29, 0.717) is 16.6 Å². The largest absolute Gasteiger partial charge is 0.396 e. The number of rotatable bonds is 7. The molecule has 0 atom stereocenters. The van der Waals surface area contributed by atoms with Crippen LogP contribution in [-0.2, 0) is 6.42 Å². The molecule has 0 fully saturated rings. The first-order valence-electron chi connectivity index (χ1n) is 5.87. The first-order valence-corrected chi connectivity index (χ1v) is 6.63. The Bertz CT molecular complexity index is 381. The lowest BCUT2D eigenvalue weighted by Crippen LogP contribution is -2.38. The van der Waals surface area contributed by atoms with E-state index in [2.05, 4.69) is 5.32 Å². The Kier molecular flexibility index (Phi) is 6.39. The van der Waals surface area contributed by atoms with Gasteiger partial charge in [0.1, 0.15) is 0 Å². The zero-order chi connectivity index (χ0) is 13.6. The van der Waals surface area contributed by atoms with Crippen LogP contribution in [0.3, 0.4) is 0 Å². The van der Waals surface area contributed by atoms with Crippen molar-refractivity contribution >= 4 is 23.2 Å². The van der Waals surface area contributed by atoms with Gasteiger partial charge in [-0.2, -0.15) is 0 Å². The molecule has 102 valence electrons. The lowest BCUT2D eigenvalue weighted by Gasteiger charge is -2.24. The molecule has 0 radical (unpaired) electrons. The van der Waals surface area contributed by atoms with Crippen molar-refractivity contribution in [3.05, 3.63) is 33.8 Å². The molecule has 0 aromatic heterocycles. The maximum atomic E-state index is 9.14. The molecule has 0 unspecified atom stereocenters. The van der Waals surface area contributed by atoms with Crippen molar-refractivity contribution in [2.45, 2.75) is 13.3 Å². The average Bonchev–Trinajstić information content (AvgIpc) is 2.36. The summed E-state index contributed by atoms with van der Waals surface area (Å²) in [5.74, 6) is 0. The van der Waals surface area contributed by atoms with Gasteiger partial charge >= 0.3 is 0 Å². The van der Waals surface area contributed by atoms with Crippen LogP contribution in [0.4, 0.5) is 0 Å². The van der Waals surface area contributed by atoms with Crippen molar-refractivity contribution in [1.82, 2.24) is 5.32 Å². The molecule has 3 nitrogen and oxygen atoms in total. The van der Waals surface area contributed by atoms with Crippen molar-refractivity contribution in [2.75, 3.05) is 26.3 Å². The van der Waals surface area contributed by atoms with Gasteiger partial charge in [0.15, 0.2) is 0 Å². The van der Waals surface area contributed by atoms with E-state index in [-0.39, 0.29) is 13.2 Å². The molecule has 0 aliphatic heterocycles. The summed E-state index contributed by atoms with van der Waals surface area (Å²) in [6, 6.07) is 5.45. The molecule has 1 aromatic carbocycles. The smallest absolute Gasteiger partial charge is 0.0518 e. The molecule has 0 heterocycles. The summed E-state index contributed by atoms with van der Waals surface area (Å²) in [7, 11) is 0. The van der Waals surface area contributed by atoms with Gasteiger partial charge in [0.05, 0.1) is 13.2 Å². The summed E-state index contributed by atoms with van der Waals surface area (Å²) in [5.41, 5.74) is 0.548. The van der Waals surface area contributed by atoms with Crippen LogP contribution < -0.4 is 5.32 Å². The van der Waals surface area contributed by atoms with E-state index >= 15 is 0 Å². The molecule has 0 amide bonds. The highest BCUT2D eigenvalue weighted by molar-refractivity contribution is 6.35. The minimum absolute atomic E-state index is 0.0435. The van der Waals surface area contributed by atoms with Crippen molar-refractivity contribution < 1.29 is 10.2 Å². The van der Waals surface area contributed by atoms with Gasteiger partial charge in [-0.05, 0) is 30.7 Å². The SMILES string of the molecule is CC(CO)(CO)CNCCc1ccc(Cl)cc1Cl. The van der Waals surface area contributed by atoms with Crippen LogP contribution in [-0.4, -0.2) is 36.5 Å². The monoisotopic (exact) mass is 291 g/mol. The molecule has 3 N–H and O–H groups in total. The number of nitrogens with one attached hydrogen (secondary N) is 1. The van der Waals surface area contributed by atoms with Gasteiger partial charge in [-0.25, -0.2) is 0 Å². The first kappa shape index (κ1) is 15.7. The van der Waals surface area contributed by atoms with Gasteiger partial charge in [-0.1, -0.05) is 36.2 Å². The minimum atomic E-state index is -0.482. The Morgan fingerprint density at radius 3 is 2.44 bits per heavy atom. The second-order valence-electron chi connectivity index (χ2n) is 4.79. The van der Waals surface area contributed by atoms with Crippen molar-refractivity contribution in [2.24, 2.45) is 5.41 Å². The fourth-order valence-electron chi connectivity index (χ4n) is 1.50. The summed E-state index contributed by atoms with van der Waals surface area (Å²) < 4.78 is 0. The van der Waals surface area contributed by atoms with E-state index in [9.17, 15) is 0 Å². The van der Waals surface area contributed by atoms with E-state index in [1.807, 2.05) is 19.1 Å². The zero-order valence-electron chi connectivity index (χ0n) is 10.4. The molecule has 0 saturated heterocycles. The van der Waals surface area contributed by atoms with Crippen molar-refractivity contribution in [3.8, 4) is 0 Å². The van der Waals surface area contributed by atoms with Gasteiger partial charge in [0, 0.05) is 22.0 Å². The average molecular weight is 292 g/mol. The fraction of sp³-hybridized carbons (Fsp3) is 0.538. The number of aliphatic hydroxyl groups is 2. The predicted molar refractivity (Wildman–Crippen MR) is 75.3 cm³/mol. The predicted octanol–water partition coefficient (Wildman–Crippen LogP) is 2.12. The van der Waals surface area contributed by atoms with Crippen LogP contribution in [0.25, 0.3) is 0 Å². The van der Waals surface area contributed by atoms with Crippen LogP contribution >= 0.6 is 23.2 Å². The number of hydrogen-bond donors (Lipinski definition) is 3. The Morgan fingerprint density at radius 1 is 1.22 bits per heavy atom. The van der Waals surface area contributed by atoms with Crippen LogP contribution in [0.5, 0.6) is 0 Å². The highest BCUT2D eigenvalue weighted by Gasteiger charge is 2.21. The fourth-order valence-corrected chi connectivity index (χ4v) is 2.00. The molecular formula is C13H19Cl2NO2. The second kappa shape index (κ2) is 7.31. The summed E-state index contributed by atoms with van der Waals surface area (Å²) in [6.07, 6.45) is 0.781. The molecule has 1 aromatic rings. The van der Waals surface area contributed by atoms with Crippen LogP contribution in [0, 0.1) is 5.41 Å². The third-order valence-corrected chi connectivity index (χ3v) is 3.49. The van der Waals surface area contributed by atoms with Crippen LogP contribution in [0.15, 0.2) is 18.2 Å². The van der Waals surface area contributed by atoms with Crippen LogP contribution in [0.1, 0.15) is 12.5 Å². The standard InChI is InChI=1S/C13H19Cl2NO2/c1-13(8-17,9-18)7-16-5-4-10-2-3-11(14)6-12(10)15/h2-3,6,16-18H,4-5,7-9H2,1H3. The zero-order valence-corrected chi connectivity index (χ0v) is 11.9. The molecule has 18 heavy (non-hydrogen) atoms. The molecule has 0 aliphatic rings. The molecule has 0 spiro atoms. The van der Waals surface area contributed by atoms with E-state index in [0.717, 1.165) is 18.5 Å². The lowest BCUT2D eigenvalue weighted by molar-refractivity contribution is 0.0700. The summed E-state index contributed by atoms with van der Waals surface area (Å²) in [5, 5.41) is 22.8. The summed E-state index contributed by atoms with van der Waals surface area (Å²) in [4.78, 5) is 0. The Labute approximate surface area is 118 Å². The minimum Gasteiger partial charge on any atom is -0.396 e. The van der Waals surface area contributed by atoms with Gasteiger partial charge < -0.3 is 15.5 Å². The highest BCUT2D eigenvalue weighted by Crippen LogP contribution is 2.21. The molecule has 0 saturated carbocycles. The van der Waals surface area contributed by atoms with Crippen LogP contribution in [0.2, 0.25) is 10.0 Å². The van der Waals surface area contributed by atoms with Crippen molar-refractivity contribution in [1.29, 1.82) is 0 Å². The molecular weight excluding hydrogens is 273 g/mol. The van der Waals surface area contributed by atoms with Crippen molar-refractivity contribution in [3.63, 3.8) is 0 Å². The third-order valence-electron chi connectivity index (χ3n) is 2.90. The van der Waals surface area contributed by atoms with Gasteiger partial charge in [0.2, 0.25) is 0 Å². The maximum Gasteiger partial charge on any atom is 0.0518 e. The Hall–Kier alpha value is -0.320. The lowest BCUT2D eigenvalue weighted by atomic mass is 9.93. The normalized spacial score (nSPS) is 11.8. The highest BCUT2D eigenvalue weighted by atomic mass is 35.5. The number of benzene rings is 1.